The van der Waals surface area contributed by atoms with E-state index in [-0.39, 0.29) is 23.6 Å². The fourth-order valence-corrected chi connectivity index (χ4v) is 4.14. The fourth-order valence-electron chi connectivity index (χ4n) is 3.35. The van der Waals surface area contributed by atoms with Crippen LogP contribution >= 0.6 is 0 Å². The molecule has 1 fully saturated rings. The monoisotopic (exact) mass is 393 g/mol. The van der Waals surface area contributed by atoms with Gasteiger partial charge in [-0.2, -0.15) is 13.2 Å². The van der Waals surface area contributed by atoms with Gasteiger partial charge in [-0.25, -0.2) is 8.42 Å². The van der Waals surface area contributed by atoms with Crippen LogP contribution in [0.4, 0.5) is 13.2 Å². The lowest BCUT2D eigenvalue weighted by atomic mass is 9.85. The van der Waals surface area contributed by atoms with Crippen molar-refractivity contribution in [3.8, 4) is 5.75 Å². The molecule has 0 spiro atoms. The van der Waals surface area contributed by atoms with Gasteiger partial charge in [0.05, 0.1) is 10.9 Å². The Hall–Kier alpha value is -1.81. The Morgan fingerprint density at radius 2 is 1.96 bits per heavy atom. The molecule has 2 atom stereocenters. The number of sulfone groups is 1. The molecule has 0 saturated carbocycles. The maximum Gasteiger partial charge on any atom is 0.501 e. The van der Waals surface area contributed by atoms with Crippen LogP contribution in [0.15, 0.2) is 23.1 Å². The molecule has 1 saturated heterocycles. The number of amides is 1. The number of benzene rings is 1. The van der Waals surface area contributed by atoms with E-state index in [1.165, 1.54) is 4.90 Å². The molecule has 0 bridgehead atoms. The lowest BCUT2D eigenvalue weighted by Crippen LogP contribution is -2.53. The van der Waals surface area contributed by atoms with Crippen molar-refractivity contribution in [2.24, 2.45) is 0 Å². The third-order valence-corrected chi connectivity index (χ3v) is 6.23. The standard InChI is InChI=1S/C16H18F3NO5S/c1-15(2)14(22)13(20-7-3-4-12(20)21)10-8-9(5-6-11(10)25-15)26(23,24)16(17,18)19/h5-6,8,13-14,22H,3-4,7H2,1-2H3/t13-,14+/m0/s1. The summed E-state index contributed by atoms with van der Waals surface area (Å²) in [5, 5.41) is 10.7. The number of nitrogens with zero attached hydrogens (tertiary/aromatic N) is 1. The van der Waals surface area contributed by atoms with Crippen LogP contribution in [0.3, 0.4) is 0 Å². The first-order valence-corrected chi connectivity index (χ1v) is 9.46. The summed E-state index contributed by atoms with van der Waals surface area (Å²) in [7, 11) is -5.56. The van der Waals surface area contributed by atoms with Crippen molar-refractivity contribution in [1.82, 2.24) is 4.90 Å². The van der Waals surface area contributed by atoms with Gasteiger partial charge in [0.1, 0.15) is 17.5 Å². The molecule has 26 heavy (non-hydrogen) atoms. The van der Waals surface area contributed by atoms with E-state index >= 15 is 0 Å². The molecule has 3 rings (SSSR count). The molecule has 1 N–H and O–H groups in total. The van der Waals surface area contributed by atoms with Crippen LogP contribution in [0.5, 0.6) is 5.75 Å². The highest BCUT2D eigenvalue weighted by Gasteiger charge is 2.50. The normalized spacial score (nSPS) is 25.8. The smallest absolute Gasteiger partial charge is 0.485 e. The van der Waals surface area contributed by atoms with Crippen molar-refractivity contribution in [1.29, 1.82) is 0 Å². The van der Waals surface area contributed by atoms with Crippen molar-refractivity contribution in [2.75, 3.05) is 6.54 Å². The number of likely N-dealkylation sites (tertiary alicyclic amines) is 1. The first-order valence-electron chi connectivity index (χ1n) is 7.98. The number of hydrogen-bond acceptors (Lipinski definition) is 5. The molecule has 0 radical (unpaired) electrons. The van der Waals surface area contributed by atoms with Crippen molar-refractivity contribution >= 4 is 15.7 Å². The number of aliphatic hydroxyl groups excluding tert-OH is 1. The van der Waals surface area contributed by atoms with Crippen molar-refractivity contribution < 1.29 is 36.2 Å². The Morgan fingerprint density at radius 3 is 2.50 bits per heavy atom. The summed E-state index contributed by atoms with van der Waals surface area (Å²) in [6.45, 7) is 3.51. The summed E-state index contributed by atoms with van der Waals surface area (Å²) in [5.41, 5.74) is -6.50. The number of aliphatic hydroxyl groups is 1. The van der Waals surface area contributed by atoms with Gasteiger partial charge in [0, 0.05) is 18.5 Å². The topological polar surface area (TPSA) is 83.9 Å². The largest absolute Gasteiger partial charge is 0.501 e. The molecule has 144 valence electrons. The Labute approximate surface area is 148 Å². The highest BCUT2D eigenvalue weighted by atomic mass is 32.2. The minimum atomic E-state index is -5.56. The number of hydrogen-bond donors (Lipinski definition) is 1. The summed E-state index contributed by atoms with van der Waals surface area (Å²) in [5.74, 6) is -0.104. The molecule has 2 aliphatic rings. The number of fused-ring (bicyclic) bond motifs is 1. The molecule has 2 aliphatic heterocycles. The van der Waals surface area contributed by atoms with Crippen LogP contribution < -0.4 is 4.74 Å². The second kappa shape index (κ2) is 5.85. The average Bonchev–Trinajstić information content (AvgIpc) is 2.92. The third kappa shape index (κ3) is 2.84. The van der Waals surface area contributed by atoms with Crippen molar-refractivity contribution in [3.05, 3.63) is 23.8 Å². The number of carbonyl (C=O) groups is 1. The van der Waals surface area contributed by atoms with Gasteiger partial charge in [0.2, 0.25) is 5.91 Å². The molecule has 0 aliphatic carbocycles. The van der Waals surface area contributed by atoms with E-state index in [0.29, 0.717) is 13.0 Å². The van der Waals surface area contributed by atoms with Crippen LogP contribution in [0, 0.1) is 0 Å². The zero-order valence-corrected chi connectivity index (χ0v) is 14.9. The fraction of sp³-hybridized carbons (Fsp3) is 0.562. The van der Waals surface area contributed by atoms with Gasteiger partial charge in [-0.05, 0) is 38.5 Å². The van der Waals surface area contributed by atoms with Crippen LogP contribution in [-0.4, -0.2) is 48.1 Å². The number of rotatable bonds is 2. The number of alkyl halides is 3. The molecule has 1 amide bonds. The van der Waals surface area contributed by atoms with Gasteiger partial charge >= 0.3 is 5.51 Å². The van der Waals surface area contributed by atoms with E-state index in [1.54, 1.807) is 13.8 Å². The minimum Gasteiger partial charge on any atom is -0.485 e. The lowest BCUT2D eigenvalue weighted by molar-refractivity contribution is -0.139. The van der Waals surface area contributed by atoms with E-state index in [1.807, 2.05) is 0 Å². The third-order valence-electron chi connectivity index (χ3n) is 4.75. The van der Waals surface area contributed by atoms with E-state index < -0.39 is 38.0 Å². The van der Waals surface area contributed by atoms with Crippen LogP contribution in [0.25, 0.3) is 0 Å². The predicted molar refractivity (Wildman–Crippen MR) is 84.1 cm³/mol. The lowest BCUT2D eigenvalue weighted by Gasteiger charge is -2.45. The van der Waals surface area contributed by atoms with Gasteiger partial charge in [-0.3, -0.25) is 4.79 Å². The minimum absolute atomic E-state index is 0.0531. The van der Waals surface area contributed by atoms with Gasteiger partial charge in [0.15, 0.2) is 0 Å². The Kier molecular flexibility index (Phi) is 4.27. The highest BCUT2D eigenvalue weighted by molar-refractivity contribution is 7.92. The van der Waals surface area contributed by atoms with E-state index in [2.05, 4.69) is 0 Å². The molecule has 2 heterocycles. The van der Waals surface area contributed by atoms with Gasteiger partial charge in [-0.15, -0.1) is 0 Å². The van der Waals surface area contributed by atoms with E-state index in [9.17, 15) is 31.5 Å². The van der Waals surface area contributed by atoms with Crippen molar-refractivity contribution in [2.45, 2.75) is 54.8 Å². The maximum absolute atomic E-state index is 12.9. The van der Waals surface area contributed by atoms with E-state index in [0.717, 1.165) is 18.2 Å². The molecule has 0 unspecified atom stereocenters. The predicted octanol–water partition coefficient (Wildman–Crippen LogP) is 2.18. The van der Waals surface area contributed by atoms with Crippen LogP contribution in [-0.2, 0) is 14.6 Å². The molecule has 1 aromatic carbocycles. The second-order valence-electron chi connectivity index (χ2n) is 6.93. The number of carbonyl (C=O) groups excluding carboxylic acids is 1. The molecule has 0 aromatic heterocycles. The molecular weight excluding hydrogens is 375 g/mol. The van der Waals surface area contributed by atoms with Crippen LogP contribution in [0.1, 0.15) is 38.3 Å². The van der Waals surface area contributed by atoms with Crippen LogP contribution in [0.2, 0.25) is 0 Å². The molecule has 6 nitrogen and oxygen atoms in total. The first kappa shape index (κ1) is 19.0. The van der Waals surface area contributed by atoms with Gasteiger partial charge in [-0.1, -0.05) is 0 Å². The quantitative estimate of drug-likeness (QED) is 0.833. The number of ether oxygens (including phenoxy) is 1. The summed E-state index contributed by atoms with van der Waals surface area (Å²) < 4.78 is 67.7. The molecule has 1 aromatic rings. The summed E-state index contributed by atoms with van der Waals surface area (Å²) >= 11 is 0. The van der Waals surface area contributed by atoms with Gasteiger partial charge < -0.3 is 14.7 Å². The SMILES string of the molecule is CC1(C)Oc2ccc(S(=O)(=O)C(F)(F)F)cc2[C@H](N2CCCC2=O)[C@H]1O. The number of halogens is 3. The summed E-state index contributed by atoms with van der Waals surface area (Å²) in [6, 6.07) is 1.81. The Balaban J connectivity index is 2.17. The zero-order chi connectivity index (χ0) is 19.5. The highest BCUT2D eigenvalue weighted by Crippen LogP contribution is 2.45. The second-order valence-corrected chi connectivity index (χ2v) is 8.88. The molecule has 10 heteroatoms. The molecular formula is C16H18F3NO5S. The maximum atomic E-state index is 12.9. The zero-order valence-electron chi connectivity index (χ0n) is 14.1. The Morgan fingerprint density at radius 1 is 1.31 bits per heavy atom. The Bertz CT molecular complexity index is 850. The van der Waals surface area contributed by atoms with Gasteiger partial charge in [0.25, 0.3) is 9.84 Å². The summed E-state index contributed by atoms with van der Waals surface area (Å²) in [4.78, 5) is 12.6. The average molecular weight is 393 g/mol. The van der Waals surface area contributed by atoms with E-state index in [4.69, 9.17) is 4.74 Å². The summed E-state index contributed by atoms with van der Waals surface area (Å²) in [6.07, 6.45) is -0.416. The van der Waals surface area contributed by atoms with Crippen molar-refractivity contribution in [3.63, 3.8) is 0 Å². The first-order chi connectivity index (χ1) is 11.9.